The largest absolute Gasteiger partial charge is 0.323 e. The highest BCUT2D eigenvalue weighted by molar-refractivity contribution is 5.81. The van der Waals surface area contributed by atoms with E-state index >= 15 is 0 Å². The van der Waals surface area contributed by atoms with Crippen LogP contribution in [-0.2, 0) is 4.79 Å². The van der Waals surface area contributed by atoms with E-state index in [1.807, 2.05) is 4.90 Å². The second-order valence-electron chi connectivity index (χ2n) is 3.89. The Morgan fingerprint density at radius 1 is 1.67 bits per heavy atom. The summed E-state index contributed by atoms with van der Waals surface area (Å²) in [6, 6.07) is 0.539. The van der Waals surface area contributed by atoms with Gasteiger partial charge in [0.2, 0.25) is 5.91 Å². The fourth-order valence-electron chi connectivity index (χ4n) is 2.02. The first-order valence-corrected chi connectivity index (χ1v) is 4.78. The zero-order chi connectivity index (χ0) is 8.72. The van der Waals surface area contributed by atoms with Crippen molar-refractivity contribution in [2.75, 3.05) is 6.54 Å². The lowest BCUT2D eigenvalue weighted by atomic mass is 10.3. The summed E-state index contributed by atoms with van der Waals surface area (Å²) < 4.78 is 0. The quantitative estimate of drug-likeness (QED) is 0.653. The van der Waals surface area contributed by atoms with Crippen LogP contribution in [0.3, 0.4) is 0 Å². The van der Waals surface area contributed by atoms with Gasteiger partial charge in [0.05, 0.1) is 12.7 Å². The third kappa shape index (κ3) is 1.12. The first-order valence-electron chi connectivity index (χ1n) is 4.78. The number of nitrogens with one attached hydrogen (secondary N) is 1. The van der Waals surface area contributed by atoms with Gasteiger partial charge in [-0.2, -0.15) is 0 Å². The lowest BCUT2D eigenvalue weighted by Gasteiger charge is -2.23. The predicted octanol–water partition coefficient (Wildman–Crippen LogP) is 0.563. The lowest BCUT2D eigenvalue weighted by Crippen LogP contribution is -2.39. The van der Waals surface area contributed by atoms with Crippen LogP contribution in [0.5, 0.6) is 0 Å². The van der Waals surface area contributed by atoms with Crippen LogP contribution in [0.4, 0.5) is 0 Å². The molecule has 0 spiro atoms. The van der Waals surface area contributed by atoms with Gasteiger partial charge in [-0.05, 0) is 18.8 Å². The minimum atomic E-state index is 0.288. The van der Waals surface area contributed by atoms with Crippen LogP contribution in [0.15, 0.2) is 0 Å². The summed E-state index contributed by atoms with van der Waals surface area (Å²) in [7, 11) is 0. The molecule has 3 heteroatoms. The summed E-state index contributed by atoms with van der Waals surface area (Å²) in [5.41, 5.74) is 0. The van der Waals surface area contributed by atoms with Crippen LogP contribution in [0, 0.1) is 5.92 Å². The van der Waals surface area contributed by atoms with Gasteiger partial charge in [-0.15, -0.1) is 0 Å². The van der Waals surface area contributed by atoms with E-state index in [-0.39, 0.29) is 5.91 Å². The summed E-state index contributed by atoms with van der Waals surface area (Å²) in [6.45, 7) is 4.88. The third-order valence-corrected chi connectivity index (χ3v) is 2.92. The van der Waals surface area contributed by atoms with Crippen molar-refractivity contribution in [2.45, 2.75) is 38.9 Å². The number of nitrogens with zero attached hydrogens (tertiary/aromatic N) is 1. The van der Waals surface area contributed by atoms with Gasteiger partial charge >= 0.3 is 0 Å². The minimum Gasteiger partial charge on any atom is -0.323 e. The second kappa shape index (κ2) is 2.73. The van der Waals surface area contributed by atoms with Gasteiger partial charge in [0.15, 0.2) is 0 Å². The molecule has 2 aliphatic rings. The summed E-state index contributed by atoms with van der Waals surface area (Å²) in [5.74, 6) is 1.01. The number of carbonyl (C=O) groups excluding carboxylic acids is 1. The number of hydrogen-bond donors (Lipinski definition) is 1. The van der Waals surface area contributed by atoms with Crippen LogP contribution in [0.2, 0.25) is 0 Å². The molecule has 12 heavy (non-hydrogen) atoms. The van der Waals surface area contributed by atoms with E-state index in [0.29, 0.717) is 18.8 Å². The zero-order valence-corrected chi connectivity index (χ0v) is 7.71. The second-order valence-corrected chi connectivity index (χ2v) is 3.89. The van der Waals surface area contributed by atoms with Crippen LogP contribution in [0.25, 0.3) is 0 Å². The van der Waals surface area contributed by atoms with Crippen molar-refractivity contribution in [1.29, 1.82) is 0 Å². The molecule has 1 aliphatic heterocycles. The Morgan fingerprint density at radius 3 is 2.83 bits per heavy atom. The highest BCUT2D eigenvalue weighted by atomic mass is 16.2. The van der Waals surface area contributed by atoms with Gasteiger partial charge in [-0.3, -0.25) is 10.1 Å². The first kappa shape index (κ1) is 8.05. The monoisotopic (exact) mass is 168 g/mol. The van der Waals surface area contributed by atoms with E-state index < -0.39 is 0 Å². The molecule has 68 valence electrons. The number of rotatable bonds is 2. The molecule has 1 heterocycles. The van der Waals surface area contributed by atoms with Gasteiger partial charge in [0.1, 0.15) is 0 Å². The fraction of sp³-hybridized carbons (Fsp3) is 0.889. The minimum absolute atomic E-state index is 0.288. The molecule has 3 nitrogen and oxygen atoms in total. The van der Waals surface area contributed by atoms with Crippen molar-refractivity contribution in [3.8, 4) is 0 Å². The lowest BCUT2D eigenvalue weighted by molar-refractivity contribution is -0.128. The Balaban J connectivity index is 2.04. The zero-order valence-electron chi connectivity index (χ0n) is 7.71. The van der Waals surface area contributed by atoms with E-state index in [1.165, 1.54) is 6.42 Å². The van der Waals surface area contributed by atoms with E-state index in [1.54, 1.807) is 0 Å². The first-order chi connectivity index (χ1) is 5.74. The van der Waals surface area contributed by atoms with Crippen LogP contribution < -0.4 is 5.32 Å². The summed E-state index contributed by atoms with van der Waals surface area (Å²) in [4.78, 5) is 13.5. The molecule has 3 unspecified atom stereocenters. The highest BCUT2D eigenvalue weighted by Gasteiger charge is 2.45. The Morgan fingerprint density at radius 2 is 2.33 bits per heavy atom. The average Bonchev–Trinajstić information content (AvgIpc) is 2.62. The molecular weight excluding hydrogens is 152 g/mol. The Hall–Kier alpha value is -0.570. The van der Waals surface area contributed by atoms with E-state index in [4.69, 9.17) is 0 Å². The SMILES string of the molecule is CCC1NCC(=O)N1C1CC1C. The Kier molecular flexibility index (Phi) is 1.83. The smallest absolute Gasteiger partial charge is 0.238 e. The molecule has 3 atom stereocenters. The maximum atomic E-state index is 11.4. The van der Waals surface area contributed by atoms with Crippen molar-refractivity contribution < 1.29 is 4.79 Å². The van der Waals surface area contributed by atoms with Gasteiger partial charge in [0, 0.05) is 6.04 Å². The number of amides is 1. The molecule has 0 bridgehead atoms. The molecule has 0 radical (unpaired) electrons. The molecule has 2 fully saturated rings. The van der Waals surface area contributed by atoms with E-state index in [2.05, 4.69) is 19.2 Å². The van der Waals surface area contributed by atoms with Crippen LogP contribution >= 0.6 is 0 Å². The number of hydrogen-bond acceptors (Lipinski definition) is 2. The normalized spacial score (nSPS) is 40.7. The molecule has 1 saturated heterocycles. The molecule has 1 N–H and O–H groups in total. The molecule has 0 aromatic carbocycles. The average molecular weight is 168 g/mol. The molecule has 1 saturated carbocycles. The Bertz CT molecular complexity index is 205. The molecular formula is C9H16N2O. The molecule has 0 aromatic heterocycles. The van der Waals surface area contributed by atoms with Gasteiger partial charge in [-0.25, -0.2) is 0 Å². The molecule has 1 aliphatic carbocycles. The third-order valence-electron chi connectivity index (χ3n) is 2.92. The maximum Gasteiger partial charge on any atom is 0.238 e. The molecule has 1 amide bonds. The fourth-order valence-corrected chi connectivity index (χ4v) is 2.02. The standard InChI is InChI=1S/C9H16N2O/c1-3-8-10-5-9(12)11(8)7-4-6(7)2/h6-8,10H,3-5H2,1-2H3. The van der Waals surface area contributed by atoms with Crippen molar-refractivity contribution in [3.05, 3.63) is 0 Å². The van der Waals surface area contributed by atoms with Crippen LogP contribution in [-0.4, -0.2) is 29.6 Å². The summed E-state index contributed by atoms with van der Waals surface area (Å²) >= 11 is 0. The van der Waals surface area contributed by atoms with Crippen molar-refractivity contribution in [3.63, 3.8) is 0 Å². The van der Waals surface area contributed by atoms with Gasteiger partial charge in [-0.1, -0.05) is 13.8 Å². The van der Waals surface area contributed by atoms with Gasteiger partial charge in [0.25, 0.3) is 0 Å². The van der Waals surface area contributed by atoms with Crippen molar-refractivity contribution in [2.24, 2.45) is 5.92 Å². The van der Waals surface area contributed by atoms with Crippen molar-refractivity contribution >= 4 is 5.91 Å². The maximum absolute atomic E-state index is 11.4. The van der Waals surface area contributed by atoms with Crippen molar-refractivity contribution in [1.82, 2.24) is 10.2 Å². The molecule has 0 aromatic rings. The van der Waals surface area contributed by atoms with E-state index in [9.17, 15) is 4.79 Å². The van der Waals surface area contributed by atoms with Crippen LogP contribution in [0.1, 0.15) is 26.7 Å². The predicted molar refractivity (Wildman–Crippen MR) is 46.5 cm³/mol. The topological polar surface area (TPSA) is 32.3 Å². The Labute approximate surface area is 73.1 Å². The molecule has 2 rings (SSSR count). The summed E-state index contributed by atoms with van der Waals surface area (Å²) in [5, 5.41) is 3.22. The summed E-state index contributed by atoms with van der Waals surface area (Å²) in [6.07, 6.45) is 2.53. The van der Waals surface area contributed by atoms with Gasteiger partial charge < -0.3 is 4.90 Å². The number of carbonyl (C=O) groups is 1. The highest BCUT2D eigenvalue weighted by Crippen LogP contribution is 2.37. The van der Waals surface area contributed by atoms with E-state index in [0.717, 1.165) is 12.3 Å².